The standard InChI is InChI=1S/C22H19ClN2O3/c1-28-22(27)16-4-8-18(9-5-16)24-19-10-12-20(13-11-19)25-21(26)14-15-2-6-17(23)7-3-15/h2-13,24H,14H2,1H3,(H,25,26). The van der Waals surface area contributed by atoms with Crippen LogP contribution in [0.15, 0.2) is 72.8 Å². The van der Waals surface area contributed by atoms with E-state index in [0.29, 0.717) is 16.3 Å². The van der Waals surface area contributed by atoms with E-state index in [1.54, 1.807) is 36.4 Å². The molecule has 0 unspecified atom stereocenters. The van der Waals surface area contributed by atoms with Crippen molar-refractivity contribution in [2.45, 2.75) is 6.42 Å². The van der Waals surface area contributed by atoms with Crippen LogP contribution >= 0.6 is 11.6 Å². The third kappa shape index (κ3) is 5.34. The molecule has 0 aromatic heterocycles. The smallest absolute Gasteiger partial charge is 0.337 e. The second-order valence-corrected chi connectivity index (χ2v) is 6.56. The van der Waals surface area contributed by atoms with Crippen LogP contribution in [0.5, 0.6) is 0 Å². The average molecular weight is 395 g/mol. The highest BCUT2D eigenvalue weighted by atomic mass is 35.5. The number of rotatable bonds is 6. The number of hydrogen-bond acceptors (Lipinski definition) is 4. The maximum absolute atomic E-state index is 12.2. The van der Waals surface area contributed by atoms with Crippen LogP contribution in [0, 0.1) is 0 Å². The molecule has 0 aliphatic heterocycles. The molecule has 0 radical (unpaired) electrons. The first-order chi connectivity index (χ1) is 13.5. The Balaban J connectivity index is 1.56. The van der Waals surface area contributed by atoms with Crippen LogP contribution in [0.3, 0.4) is 0 Å². The van der Waals surface area contributed by atoms with Crippen molar-refractivity contribution >= 4 is 40.5 Å². The van der Waals surface area contributed by atoms with Gasteiger partial charge < -0.3 is 15.4 Å². The zero-order valence-corrected chi connectivity index (χ0v) is 16.0. The fraction of sp³-hybridized carbons (Fsp3) is 0.0909. The average Bonchev–Trinajstić information content (AvgIpc) is 2.71. The van der Waals surface area contributed by atoms with Gasteiger partial charge in [-0.3, -0.25) is 4.79 Å². The quantitative estimate of drug-likeness (QED) is 0.574. The Morgan fingerprint density at radius 1 is 0.821 bits per heavy atom. The predicted octanol–water partition coefficient (Wildman–Crippen LogP) is 5.05. The molecule has 0 aliphatic rings. The first-order valence-corrected chi connectivity index (χ1v) is 9.01. The Morgan fingerprint density at radius 3 is 1.93 bits per heavy atom. The molecule has 1 amide bonds. The van der Waals surface area contributed by atoms with Crippen molar-refractivity contribution in [1.29, 1.82) is 0 Å². The Morgan fingerprint density at radius 2 is 1.36 bits per heavy atom. The number of ether oxygens (including phenoxy) is 1. The van der Waals surface area contributed by atoms with E-state index in [1.165, 1.54) is 7.11 Å². The van der Waals surface area contributed by atoms with Gasteiger partial charge in [-0.1, -0.05) is 23.7 Å². The number of esters is 1. The molecule has 0 saturated carbocycles. The number of nitrogens with one attached hydrogen (secondary N) is 2. The molecule has 0 spiro atoms. The topological polar surface area (TPSA) is 67.4 Å². The highest BCUT2D eigenvalue weighted by Gasteiger charge is 2.06. The van der Waals surface area contributed by atoms with Crippen molar-refractivity contribution in [3.05, 3.63) is 88.9 Å². The van der Waals surface area contributed by atoms with E-state index in [1.807, 2.05) is 36.4 Å². The lowest BCUT2D eigenvalue weighted by molar-refractivity contribution is -0.115. The van der Waals surface area contributed by atoms with E-state index in [4.69, 9.17) is 11.6 Å². The summed E-state index contributed by atoms with van der Waals surface area (Å²) in [5.41, 5.74) is 3.81. The number of methoxy groups -OCH3 is 1. The first-order valence-electron chi connectivity index (χ1n) is 8.63. The van der Waals surface area contributed by atoms with Crippen molar-refractivity contribution in [1.82, 2.24) is 0 Å². The predicted molar refractivity (Wildman–Crippen MR) is 111 cm³/mol. The third-order valence-electron chi connectivity index (χ3n) is 4.04. The number of benzene rings is 3. The minimum atomic E-state index is -0.370. The summed E-state index contributed by atoms with van der Waals surface area (Å²) in [6.45, 7) is 0. The Hall–Kier alpha value is -3.31. The molecule has 0 fully saturated rings. The fourth-order valence-electron chi connectivity index (χ4n) is 2.60. The minimum absolute atomic E-state index is 0.0959. The summed E-state index contributed by atoms with van der Waals surface area (Å²) < 4.78 is 4.68. The highest BCUT2D eigenvalue weighted by Crippen LogP contribution is 2.20. The number of carbonyl (C=O) groups excluding carboxylic acids is 2. The molecule has 2 N–H and O–H groups in total. The zero-order chi connectivity index (χ0) is 19.9. The molecule has 3 aromatic rings. The summed E-state index contributed by atoms with van der Waals surface area (Å²) in [4.78, 5) is 23.6. The van der Waals surface area contributed by atoms with Gasteiger partial charge in [0.05, 0.1) is 19.1 Å². The molecule has 28 heavy (non-hydrogen) atoms. The molecule has 142 valence electrons. The van der Waals surface area contributed by atoms with Crippen LogP contribution in [0.2, 0.25) is 5.02 Å². The van der Waals surface area contributed by atoms with Crippen LogP contribution in [0.4, 0.5) is 17.1 Å². The van der Waals surface area contributed by atoms with E-state index in [9.17, 15) is 9.59 Å². The third-order valence-corrected chi connectivity index (χ3v) is 4.29. The summed E-state index contributed by atoms with van der Waals surface area (Å²) in [6.07, 6.45) is 0.281. The zero-order valence-electron chi connectivity index (χ0n) is 15.2. The normalized spacial score (nSPS) is 10.2. The van der Waals surface area contributed by atoms with Gasteiger partial charge in [-0.05, 0) is 66.2 Å². The van der Waals surface area contributed by atoms with E-state index in [-0.39, 0.29) is 18.3 Å². The van der Waals surface area contributed by atoms with Crippen LogP contribution in [0.25, 0.3) is 0 Å². The summed E-state index contributed by atoms with van der Waals surface area (Å²) in [7, 11) is 1.35. The fourth-order valence-corrected chi connectivity index (χ4v) is 2.73. The number of carbonyl (C=O) groups is 2. The molecule has 0 saturated heterocycles. The molecule has 3 rings (SSSR count). The maximum atomic E-state index is 12.2. The largest absolute Gasteiger partial charge is 0.465 e. The number of anilines is 3. The number of amides is 1. The van der Waals surface area contributed by atoms with Crippen molar-refractivity contribution in [2.24, 2.45) is 0 Å². The van der Waals surface area contributed by atoms with Gasteiger partial charge in [0, 0.05) is 22.1 Å². The summed E-state index contributed by atoms with van der Waals surface area (Å²) in [6, 6.07) is 21.6. The second kappa shape index (κ2) is 9.06. The summed E-state index contributed by atoms with van der Waals surface area (Å²) in [5.74, 6) is -0.466. The molecule has 0 atom stereocenters. The van der Waals surface area contributed by atoms with Crippen molar-refractivity contribution in [2.75, 3.05) is 17.7 Å². The lowest BCUT2D eigenvalue weighted by Crippen LogP contribution is -2.14. The van der Waals surface area contributed by atoms with Crippen LogP contribution in [0.1, 0.15) is 15.9 Å². The lowest BCUT2D eigenvalue weighted by Gasteiger charge is -2.09. The van der Waals surface area contributed by atoms with Gasteiger partial charge in [0.2, 0.25) is 5.91 Å². The lowest BCUT2D eigenvalue weighted by atomic mass is 10.1. The molecule has 3 aromatic carbocycles. The van der Waals surface area contributed by atoms with Gasteiger partial charge in [-0.25, -0.2) is 4.79 Å². The summed E-state index contributed by atoms with van der Waals surface area (Å²) >= 11 is 5.85. The van der Waals surface area contributed by atoms with Gasteiger partial charge in [0.1, 0.15) is 0 Å². The minimum Gasteiger partial charge on any atom is -0.465 e. The van der Waals surface area contributed by atoms with Crippen LogP contribution < -0.4 is 10.6 Å². The Labute approximate surface area is 168 Å². The second-order valence-electron chi connectivity index (χ2n) is 6.12. The molecule has 0 heterocycles. The highest BCUT2D eigenvalue weighted by molar-refractivity contribution is 6.30. The first kappa shape index (κ1) is 19.5. The number of halogens is 1. The molecule has 0 bridgehead atoms. The summed E-state index contributed by atoms with van der Waals surface area (Å²) in [5, 5.41) is 6.75. The Bertz CT molecular complexity index is 953. The van der Waals surface area contributed by atoms with Crippen LogP contribution in [-0.2, 0) is 16.0 Å². The van der Waals surface area contributed by atoms with Crippen molar-refractivity contribution < 1.29 is 14.3 Å². The SMILES string of the molecule is COC(=O)c1ccc(Nc2ccc(NC(=O)Cc3ccc(Cl)cc3)cc2)cc1. The van der Waals surface area contributed by atoms with E-state index in [2.05, 4.69) is 15.4 Å². The van der Waals surface area contributed by atoms with Gasteiger partial charge in [-0.2, -0.15) is 0 Å². The van der Waals surface area contributed by atoms with E-state index in [0.717, 1.165) is 16.9 Å². The van der Waals surface area contributed by atoms with Crippen molar-refractivity contribution in [3.8, 4) is 0 Å². The Kier molecular flexibility index (Phi) is 6.29. The van der Waals surface area contributed by atoms with E-state index < -0.39 is 0 Å². The molecular formula is C22H19ClN2O3. The monoisotopic (exact) mass is 394 g/mol. The van der Waals surface area contributed by atoms with Gasteiger partial charge in [0.25, 0.3) is 0 Å². The number of hydrogen-bond donors (Lipinski definition) is 2. The molecule has 5 nitrogen and oxygen atoms in total. The van der Waals surface area contributed by atoms with Crippen LogP contribution in [-0.4, -0.2) is 19.0 Å². The van der Waals surface area contributed by atoms with Gasteiger partial charge >= 0.3 is 5.97 Å². The maximum Gasteiger partial charge on any atom is 0.337 e. The van der Waals surface area contributed by atoms with Gasteiger partial charge in [0.15, 0.2) is 0 Å². The molecule has 0 aliphatic carbocycles. The van der Waals surface area contributed by atoms with Gasteiger partial charge in [-0.15, -0.1) is 0 Å². The molecule has 6 heteroatoms. The molecular weight excluding hydrogens is 376 g/mol. The van der Waals surface area contributed by atoms with Crippen molar-refractivity contribution in [3.63, 3.8) is 0 Å². The van der Waals surface area contributed by atoms with E-state index >= 15 is 0 Å².